The maximum atomic E-state index is 11.4. The van der Waals surface area contributed by atoms with Crippen LogP contribution in [0.15, 0.2) is 24.3 Å². The van der Waals surface area contributed by atoms with Crippen LogP contribution >= 0.6 is 11.8 Å². The van der Waals surface area contributed by atoms with Crippen molar-refractivity contribution in [1.82, 2.24) is 10.6 Å². The summed E-state index contributed by atoms with van der Waals surface area (Å²) in [6.07, 6.45) is 5.83. The first-order valence-electron chi connectivity index (χ1n) is 10.7. The number of carbonyl (C=O) groups excluding carboxylic acids is 2. The van der Waals surface area contributed by atoms with Gasteiger partial charge in [-0.3, -0.25) is 19.7 Å². The summed E-state index contributed by atoms with van der Waals surface area (Å²) in [6, 6.07) is 5.54. The number of thioether (sulfide) groups is 1. The summed E-state index contributed by atoms with van der Waals surface area (Å²) in [5.74, 6) is 1.06. The minimum Gasteiger partial charge on any atom is -0.356 e. The normalized spacial score (nSPS) is 8.77. The number of nitro groups is 1. The average Bonchev–Trinajstić information content (AvgIpc) is 2.75. The lowest BCUT2D eigenvalue weighted by Gasteiger charge is -2.02. The quantitative estimate of drug-likeness (QED) is 0.300. The molecule has 174 valence electrons. The SMILES string of the molecule is CC.CCC.CCCNC(=O)c1ccc([N+](=O)[O-])cc1.CCNC(=O)CCCSC. The number of nitrogens with zero attached hydrogens (tertiary/aromatic N) is 1. The molecule has 8 heteroatoms. The van der Waals surface area contributed by atoms with Crippen molar-refractivity contribution in [2.75, 3.05) is 25.1 Å². The molecule has 0 spiro atoms. The average molecular weight is 444 g/mol. The molecule has 0 bridgehead atoms. The fourth-order valence-electron chi connectivity index (χ4n) is 1.74. The van der Waals surface area contributed by atoms with Gasteiger partial charge < -0.3 is 10.6 Å². The summed E-state index contributed by atoms with van der Waals surface area (Å²) in [7, 11) is 0. The molecular formula is C22H41N3O4S. The topological polar surface area (TPSA) is 101 Å². The zero-order valence-electron chi connectivity index (χ0n) is 19.7. The maximum Gasteiger partial charge on any atom is 0.269 e. The maximum absolute atomic E-state index is 11.4. The monoisotopic (exact) mass is 443 g/mol. The van der Waals surface area contributed by atoms with E-state index in [1.807, 2.05) is 27.7 Å². The smallest absolute Gasteiger partial charge is 0.269 e. The van der Waals surface area contributed by atoms with Gasteiger partial charge in [0.25, 0.3) is 11.6 Å². The summed E-state index contributed by atoms with van der Waals surface area (Å²) in [6.45, 7) is 13.5. The number of rotatable bonds is 9. The molecule has 0 radical (unpaired) electrons. The lowest BCUT2D eigenvalue weighted by molar-refractivity contribution is -0.384. The predicted molar refractivity (Wildman–Crippen MR) is 129 cm³/mol. The molecule has 0 aromatic heterocycles. The number of non-ortho nitro benzene ring substituents is 1. The fourth-order valence-corrected chi connectivity index (χ4v) is 2.17. The number of benzene rings is 1. The van der Waals surface area contributed by atoms with E-state index in [2.05, 4.69) is 30.7 Å². The number of hydrogen-bond acceptors (Lipinski definition) is 5. The van der Waals surface area contributed by atoms with Crippen LogP contribution in [0.4, 0.5) is 5.69 Å². The molecule has 1 rings (SSSR count). The molecule has 0 aliphatic heterocycles. The van der Waals surface area contributed by atoms with Gasteiger partial charge >= 0.3 is 0 Å². The fraction of sp³-hybridized carbons (Fsp3) is 0.636. The molecule has 0 heterocycles. The molecule has 0 unspecified atom stereocenters. The van der Waals surface area contributed by atoms with Gasteiger partial charge in [-0.15, -0.1) is 0 Å². The van der Waals surface area contributed by atoms with Gasteiger partial charge in [0.1, 0.15) is 0 Å². The first-order valence-corrected chi connectivity index (χ1v) is 12.0. The Labute approximate surface area is 186 Å². The summed E-state index contributed by atoms with van der Waals surface area (Å²) in [5.41, 5.74) is 0.427. The molecular weight excluding hydrogens is 402 g/mol. The van der Waals surface area contributed by atoms with Crippen molar-refractivity contribution in [2.24, 2.45) is 0 Å². The third kappa shape index (κ3) is 20.6. The predicted octanol–water partition coefficient (Wildman–Crippen LogP) is 5.44. The Kier molecular flexibility index (Phi) is 27.1. The first-order chi connectivity index (χ1) is 14.4. The zero-order chi connectivity index (χ0) is 23.8. The van der Waals surface area contributed by atoms with Crippen molar-refractivity contribution in [3.63, 3.8) is 0 Å². The van der Waals surface area contributed by atoms with E-state index < -0.39 is 4.92 Å². The van der Waals surface area contributed by atoms with E-state index in [-0.39, 0.29) is 17.5 Å². The van der Waals surface area contributed by atoms with Crippen LogP contribution in [0.2, 0.25) is 0 Å². The zero-order valence-corrected chi connectivity index (χ0v) is 20.6. The molecule has 30 heavy (non-hydrogen) atoms. The molecule has 0 aliphatic rings. The summed E-state index contributed by atoms with van der Waals surface area (Å²) in [5, 5.41) is 15.8. The molecule has 2 N–H and O–H groups in total. The summed E-state index contributed by atoms with van der Waals surface area (Å²) < 4.78 is 0. The van der Waals surface area contributed by atoms with Crippen molar-refractivity contribution in [1.29, 1.82) is 0 Å². The Morgan fingerprint density at radius 2 is 1.57 bits per heavy atom. The van der Waals surface area contributed by atoms with Crippen LogP contribution in [0.3, 0.4) is 0 Å². The van der Waals surface area contributed by atoms with E-state index >= 15 is 0 Å². The number of carbonyl (C=O) groups is 2. The van der Waals surface area contributed by atoms with Gasteiger partial charge in [-0.2, -0.15) is 11.8 Å². The highest BCUT2D eigenvalue weighted by Gasteiger charge is 2.08. The Bertz CT molecular complexity index is 552. The van der Waals surface area contributed by atoms with Crippen LogP contribution < -0.4 is 10.6 Å². The third-order valence-corrected chi connectivity index (χ3v) is 3.70. The van der Waals surface area contributed by atoms with Gasteiger partial charge in [-0.25, -0.2) is 0 Å². The minimum atomic E-state index is -0.492. The van der Waals surface area contributed by atoms with Crippen molar-refractivity contribution in [2.45, 2.75) is 67.2 Å². The molecule has 1 aromatic rings. The third-order valence-electron chi connectivity index (χ3n) is 3.00. The van der Waals surface area contributed by atoms with E-state index in [0.29, 0.717) is 18.5 Å². The molecule has 0 fully saturated rings. The largest absolute Gasteiger partial charge is 0.356 e. The van der Waals surface area contributed by atoms with Gasteiger partial charge in [0.05, 0.1) is 4.92 Å². The van der Waals surface area contributed by atoms with Crippen LogP contribution in [0, 0.1) is 10.1 Å². The van der Waals surface area contributed by atoms with E-state index in [1.54, 1.807) is 11.8 Å². The molecule has 0 atom stereocenters. The molecule has 0 saturated carbocycles. The van der Waals surface area contributed by atoms with E-state index in [1.165, 1.54) is 30.7 Å². The highest BCUT2D eigenvalue weighted by molar-refractivity contribution is 7.98. The van der Waals surface area contributed by atoms with Gasteiger partial charge in [0.15, 0.2) is 0 Å². The number of amides is 2. The molecule has 0 saturated heterocycles. The standard InChI is InChI=1S/C10H12N2O3.C7H15NOS.C3H8.C2H6/c1-2-7-11-10(13)8-3-5-9(6-4-8)12(14)15;1-3-8-7(9)5-4-6-10-2;1-3-2;1-2/h3-6H,2,7H2,1H3,(H,11,13);3-6H2,1-2H3,(H,8,9);3H2,1-2H3;1-2H3. The lowest BCUT2D eigenvalue weighted by atomic mass is 10.2. The number of hydrogen-bond donors (Lipinski definition) is 2. The van der Waals surface area contributed by atoms with Gasteiger partial charge in [0, 0.05) is 37.2 Å². The van der Waals surface area contributed by atoms with Crippen molar-refractivity contribution < 1.29 is 14.5 Å². The number of nitro benzene ring substituents is 1. The van der Waals surface area contributed by atoms with Crippen LogP contribution in [-0.4, -0.2) is 41.8 Å². The van der Waals surface area contributed by atoms with E-state index in [0.717, 1.165) is 25.1 Å². The Morgan fingerprint density at radius 3 is 1.97 bits per heavy atom. The van der Waals surface area contributed by atoms with Gasteiger partial charge in [0.2, 0.25) is 5.91 Å². The second-order valence-electron chi connectivity index (χ2n) is 5.82. The van der Waals surface area contributed by atoms with Crippen molar-refractivity contribution >= 4 is 29.3 Å². The second kappa shape index (κ2) is 24.9. The van der Waals surface area contributed by atoms with Crippen molar-refractivity contribution in [3.05, 3.63) is 39.9 Å². The summed E-state index contributed by atoms with van der Waals surface area (Å²) in [4.78, 5) is 32.1. The number of nitrogens with one attached hydrogen (secondary N) is 2. The first kappa shape index (κ1) is 32.6. The highest BCUT2D eigenvalue weighted by Crippen LogP contribution is 2.11. The Morgan fingerprint density at radius 1 is 1.03 bits per heavy atom. The van der Waals surface area contributed by atoms with Crippen molar-refractivity contribution in [3.8, 4) is 0 Å². The Hall–Kier alpha value is -2.09. The van der Waals surface area contributed by atoms with Gasteiger partial charge in [-0.05, 0) is 43.9 Å². The highest BCUT2D eigenvalue weighted by atomic mass is 32.2. The molecule has 1 aromatic carbocycles. The lowest BCUT2D eigenvalue weighted by Crippen LogP contribution is -2.23. The van der Waals surface area contributed by atoms with Crippen LogP contribution in [-0.2, 0) is 4.79 Å². The Balaban J connectivity index is -0.000000421. The minimum absolute atomic E-state index is 0.0120. The molecule has 2 amide bonds. The molecule has 0 aliphatic carbocycles. The molecule has 7 nitrogen and oxygen atoms in total. The van der Waals surface area contributed by atoms with Crippen LogP contribution in [0.25, 0.3) is 0 Å². The van der Waals surface area contributed by atoms with Gasteiger partial charge in [-0.1, -0.05) is 41.0 Å². The summed E-state index contributed by atoms with van der Waals surface area (Å²) >= 11 is 1.78. The van der Waals surface area contributed by atoms with Crippen LogP contribution in [0.1, 0.15) is 77.6 Å². The van der Waals surface area contributed by atoms with Crippen LogP contribution in [0.5, 0.6) is 0 Å². The second-order valence-corrected chi connectivity index (χ2v) is 6.80. The van der Waals surface area contributed by atoms with E-state index in [9.17, 15) is 19.7 Å². The van der Waals surface area contributed by atoms with E-state index in [4.69, 9.17) is 0 Å².